The number of nitrogens with one attached hydrogen (secondary N) is 1. The van der Waals surface area contributed by atoms with E-state index in [-0.39, 0.29) is 12.1 Å². The Balaban J connectivity index is 1.88. The molecule has 1 aromatic rings. The molecule has 146 valence electrons. The van der Waals surface area contributed by atoms with E-state index >= 15 is 0 Å². The number of carbonyl (C=O) groups is 1. The molecule has 0 aliphatic carbocycles. The average molecular weight is 387 g/mol. The van der Waals surface area contributed by atoms with Crippen LogP contribution < -0.4 is 10.1 Å². The maximum atomic E-state index is 12.1. The fourth-order valence-electron chi connectivity index (χ4n) is 2.42. The Morgan fingerprint density at radius 3 is 2.88 bits per heavy atom. The van der Waals surface area contributed by atoms with Crippen LogP contribution >= 0.6 is 11.6 Å². The molecule has 0 aromatic carbocycles. The highest BCUT2D eigenvalue weighted by Gasteiger charge is 2.30. The standard InChI is InChI=1S/C17H27ClN4O4/c1-5-24-8-9-25-14-13(18)10-19-15(21-14)20-12-6-7-22(11-12)16(23)26-17(2,3)4/h10,12H,5-9,11H2,1-4H3,(H,19,20,21). The number of anilines is 1. The number of hydrogen-bond donors (Lipinski definition) is 1. The first-order chi connectivity index (χ1) is 12.3. The molecule has 1 N–H and O–H groups in total. The highest BCUT2D eigenvalue weighted by molar-refractivity contribution is 6.31. The molecular formula is C17H27ClN4O4. The van der Waals surface area contributed by atoms with Crippen molar-refractivity contribution in [1.29, 1.82) is 0 Å². The van der Waals surface area contributed by atoms with E-state index in [1.807, 2.05) is 27.7 Å². The first-order valence-corrected chi connectivity index (χ1v) is 9.14. The van der Waals surface area contributed by atoms with E-state index in [0.717, 1.165) is 6.42 Å². The van der Waals surface area contributed by atoms with Gasteiger partial charge in [-0.3, -0.25) is 0 Å². The molecule has 2 heterocycles. The number of amides is 1. The van der Waals surface area contributed by atoms with Crippen molar-refractivity contribution in [1.82, 2.24) is 14.9 Å². The van der Waals surface area contributed by atoms with Gasteiger partial charge in [-0.05, 0) is 34.1 Å². The lowest BCUT2D eigenvalue weighted by Crippen LogP contribution is -2.36. The second-order valence-electron chi connectivity index (χ2n) is 6.95. The summed E-state index contributed by atoms with van der Waals surface area (Å²) in [5, 5.41) is 3.56. The summed E-state index contributed by atoms with van der Waals surface area (Å²) in [6.45, 7) is 10.1. The summed E-state index contributed by atoms with van der Waals surface area (Å²) < 4.78 is 16.1. The third-order valence-corrected chi connectivity index (χ3v) is 3.81. The predicted molar refractivity (Wildman–Crippen MR) is 98.9 cm³/mol. The van der Waals surface area contributed by atoms with Crippen molar-refractivity contribution >= 4 is 23.6 Å². The molecule has 1 atom stereocenters. The molecule has 0 radical (unpaired) electrons. The Hall–Kier alpha value is -1.80. The van der Waals surface area contributed by atoms with E-state index in [4.69, 9.17) is 25.8 Å². The van der Waals surface area contributed by atoms with Crippen molar-refractivity contribution in [3.63, 3.8) is 0 Å². The van der Waals surface area contributed by atoms with E-state index in [1.54, 1.807) is 4.90 Å². The van der Waals surface area contributed by atoms with Gasteiger partial charge in [0.05, 0.1) is 12.8 Å². The molecule has 1 aliphatic heterocycles. The third-order valence-electron chi connectivity index (χ3n) is 3.56. The first-order valence-electron chi connectivity index (χ1n) is 8.76. The van der Waals surface area contributed by atoms with Gasteiger partial charge >= 0.3 is 6.09 Å². The zero-order valence-electron chi connectivity index (χ0n) is 15.7. The molecule has 26 heavy (non-hydrogen) atoms. The Labute approximate surface area is 159 Å². The molecule has 1 unspecified atom stereocenters. The van der Waals surface area contributed by atoms with Crippen LogP contribution in [0.1, 0.15) is 34.1 Å². The van der Waals surface area contributed by atoms with Crippen molar-refractivity contribution in [2.75, 3.05) is 38.2 Å². The number of nitrogens with zero attached hydrogens (tertiary/aromatic N) is 3. The highest BCUT2D eigenvalue weighted by Crippen LogP contribution is 2.23. The molecular weight excluding hydrogens is 360 g/mol. The van der Waals surface area contributed by atoms with Gasteiger partial charge in [0.15, 0.2) is 0 Å². The number of likely N-dealkylation sites (tertiary alicyclic amines) is 1. The fourth-order valence-corrected chi connectivity index (χ4v) is 2.56. The largest absolute Gasteiger partial charge is 0.474 e. The van der Waals surface area contributed by atoms with E-state index in [9.17, 15) is 4.79 Å². The molecule has 0 bridgehead atoms. The van der Waals surface area contributed by atoms with Crippen LogP contribution in [0.4, 0.5) is 10.7 Å². The van der Waals surface area contributed by atoms with Gasteiger partial charge in [0, 0.05) is 25.7 Å². The third kappa shape index (κ3) is 6.49. The fraction of sp³-hybridized carbons (Fsp3) is 0.706. The molecule has 1 aromatic heterocycles. The molecule has 2 rings (SSSR count). The molecule has 1 saturated heterocycles. The number of ether oxygens (including phenoxy) is 3. The summed E-state index contributed by atoms with van der Waals surface area (Å²) in [6, 6.07) is 0.0416. The van der Waals surface area contributed by atoms with Crippen molar-refractivity contribution in [3.8, 4) is 5.88 Å². The van der Waals surface area contributed by atoms with Gasteiger partial charge in [-0.15, -0.1) is 0 Å². The second-order valence-corrected chi connectivity index (χ2v) is 7.36. The number of rotatable bonds is 7. The minimum atomic E-state index is -0.504. The van der Waals surface area contributed by atoms with Crippen LogP contribution in [0.2, 0.25) is 5.02 Å². The smallest absolute Gasteiger partial charge is 0.410 e. The first kappa shape index (κ1) is 20.5. The minimum absolute atomic E-state index is 0.0416. The number of aromatic nitrogens is 2. The van der Waals surface area contributed by atoms with E-state index in [0.29, 0.717) is 49.8 Å². The summed E-state index contributed by atoms with van der Waals surface area (Å²) in [6.07, 6.45) is 1.97. The van der Waals surface area contributed by atoms with Crippen LogP contribution in [-0.4, -0.2) is 65.5 Å². The average Bonchev–Trinajstić information content (AvgIpc) is 3.01. The second kappa shape index (κ2) is 9.23. The SMILES string of the molecule is CCOCCOc1nc(NC2CCN(C(=O)OC(C)(C)C)C2)ncc1Cl. The topological polar surface area (TPSA) is 85.8 Å². The molecule has 9 heteroatoms. The number of hydrogen-bond acceptors (Lipinski definition) is 7. The van der Waals surface area contributed by atoms with Crippen LogP contribution in [0.5, 0.6) is 5.88 Å². The molecule has 0 spiro atoms. The Morgan fingerprint density at radius 2 is 2.19 bits per heavy atom. The summed E-state index contributed by atoms with van der Waals surface area (Å²) in [7, 11) is 0. The normalized spacial score (nSPS) is 17.3. The lowest BCUT2D eigenvalue weighted by Gasteiger charge is -2.24. The van der Waals surface area contributed by atoms with Gasteiger partial charge in [-0.1, -0.05) is 11.6 Å². The quantitative estimate of drug-likeness (QED) is 0.721. The summed E-state index contributed by atoms with van der Waals surface area (Å²) >= 11 is 6.06. The highest BCUT2D eigenvalue weighted by atomic mass is 35.5. The van der Waals surface area contributed by atoms with Gasteiger partial charge in [0.25, 0.3) is 0 Å². The van der Waals surface area contributed by atoms with Crippen molar-refractivity contribution in [2.45, 2.75) is 45.8 Å². The number of carbonyl (C=O) groups excluding carboxylic acids is 1. The van der Waals surface area contributed by atoms with Gasteiger partial charge in [0.2, 0.25) is 11.8 Å². The Morgan fingerprint density at radius 1 is 1.42 bits per heavy atom. The van der Waals surface area contributed by atoms with Gasteiger partial charge in [0.1, 0.15) is 17.2 Å². The van der Waals surface area contributed by atoms with Crippen LogP contribution in [0.25, 0.3) is 0 Å². The van der Waals surface area contributed by atoms with Gasteiger partial charge in [-0.2, -0.15) is 4.98 Å². The zero-order valence-corrected chi connectivity index (χ0v) is 16.5. The molecule has 1 amide bonds. The van der Waals surface area contributed by atoms with Crippen molar-refractivity contribution in [3.05, 3.63) is 11.2 Å². The van der Waals surface area contributed by atoms with Crippen LogP contribution in [0.3, 0.4) is 0 Å². The monoisotopic (exact) mass is 386 g/mol. The molecule has 1 aliphatic rings. The lowest BCUT2D eigenvalue weighted by molar-refractivity contribution is 0.0293. The zero-order chi connectivity index (χ0) is 19.2. The Bertz CT molecular complexity index is 609. The number of halogens is 1. The predicted octanol–water partition coefficient (Wildman–Crippen LogP) is 2.97. The van der Waals surface area contributed by atoms with E-state index in [2.05, 4.69) is 15.3 Å². The molecule has 8 nitrogen and oxygen atoms in total. The minimum Gasteiger partial charge on any atom is -0.474 e. The van der Waals surface area contributed by atoms with Crippen LogP contribution in [0.15, 0.2) is 6.20 Å². The summed E-state index contributed by atoms with van der Waals surface area (Å²) in [5.74, 6) is 0.725. The van der Waals surface area contributed by atoms with Crippen molar-refractivity contribution in [2.24, 2.45) is 0 Å². The maximum absolute atomic E-state index is 12.1. The van der Waals surface area contributed by atoms with E-state index < -0.39 is 5.60 Å². The molecule has 1 fully saturated rings. The summed E-state index contributed by atoms with van der Waals surface area (Å²) in [5.41, 5.74) is -0.504. The Kier molecular flexibility index (Phi) is 7.28. The lowest BCUT2D eigenvalue weighted by atomic mass is 10.2. The van der Waals surface area contributed by atoms with Crippen LogP contribution in [-0.2, 0) is 9.47 Å². The van der Waals surface area contributed by atoms with Crippen LogP contribution in [0, 0.1) is 0 Å². The summed E-state index contributed by atoms with van der Waals surface area (Å²) in [4.78, 5) is 22.3. The molecule has 0 saturated carbocycles. The van der Waals surface area contributed by atoms with Gasteiger partial charge in [-0.25, -0.2) is 9.78 Å². The van der Waals surface area contributed by atoms with E-state index in [1.165, 1.54) is 6.20 Å². The van der Waals surface area contributed by atoms with Gasteiger partial charge < -0.3 is 24.4 Å². The van der Waals surface area contributed by atoms with Crippen molar-refractivity contribution < 1.29 is 19.0 Å². The maximum Gasteiger partial charge on any atom is 0.410 e.